The van der Waals surface area contributed by atoms with Crippen molar-refractivity contribution in [3.05, 3.63) is 60.8 Å². The van der Waals surface area contributed by atoms with Crippen molar-refractivity contribution < 1.29 is 14.3 Å². The van der Waals surface area contributed by atoms with Crippen molar-refractivity contribution in [2.45, 2.75) is 31.9 Å². The van der Waals surface area contributed by atoms with Crippen LogP contribution in [0.2, 0.25) is 0 Å². The Hall–Kier alpha value is -4.02. The SMILES string of the molecule is C[C@H](N)C(=O)N1CCN(c2ccc(Nc3nccc(-c4ccc(NC(=O)C5CCCO5)cc4)n3)cc2)CC1. The Morgan fingerprint density at radius 3 is 2.37 bits per heavy atom. The molecule has 3 heterocycles. The summed E-state index contributed by atoms with van der Waals surface area (Å²) >= 11 is 0. The van der Waals surface area contributed by atoms with E-state index in [1.54, 1.807) is 13.1 Å². The van der Waals surface area contributed by atoms with Crippen LogP contribution in [0.15, 0.2) is 60.8 Å². The van der Waals surface area contributed by atoms with Crippen LogP contribution in [-0.4, -0.2) is 71.6 Å². The highest BCUT2D eigenvalue weighted by atomic mass is 16.5. The van der Waals surface area contributed by atoms with Crippen LogP contribution in [0.3, 0.4) is 0 Å². The van der Waals surface area contributed by atoms with Crippen molar-refractivity contribution in [1.29, 1.82) is 0 Å². The lowest BCUT2D eigenvalue weighted by atomic mass is 10.1. The second-order valence-electron chi connectivity index (χ2n) is 9.61. The number of nitrogens with one attached hydrogen (secondary N) is 2. The lowest BCUT2D eigenvalue weighted by Gasteiger charge is -2.36. The summed E-state index contributed by atoms with van der Waals surface area (Å²) in [5.41, 5.74) is 10.1. The van der Waals surface area contributed by atoms with E-state index in [0.29, 0.717) is 25.6 Å². The van der Waals surface area contributed by atoms with Crippen molar-refractivity contribution in [1.82, 2.24) is 14.9 Å². The number of carbonyl (C=O) groups is 2. The van der Waals surface area contributed by atoms with Gasteiger partial charge in [-0.1, -0.05) is 12.1 Å². The van der Waals surface area contributed by atoms with E-state index in [-0.39, 0.29) is 17.9 Å². The lowest BCUT2D eigenvalue weighted by molar-refractivity contribution is -0.132. The summed E-state index contributed by atoms with van der Waals surface area (Å²) in [5, 5.41) is 6.18. The summed E-state index contributed by atoms with van der Waals surface area (Å²) in [4.78, 5) is 37.5. The number of amides is 2. The molecule has 4 N–H and O–H groups in total. The lowest BCUT2D eigenvalue weighted by Crippen LogP contribution is -2.52. The van der Waals surface area contributed by atoms with E-state index >= 15 is 0 Å². The average Bonchev–Trinajstić information content (AvgIpc) is 3.49. The van der Waals surface area contributed by atoms with Gasteiger partial charge in [-0.25, -0.2) is 9.97 Å². The van der Waals surface area contributed by atoms with Gasteiger partial charge in [-0.15, -0.1) is 0 Å². The van der Waals surface area contributed by atoms with Crippen LogP contribution in [0.25, 0.3) is 11.3 Å². The minimum absolute atomic E-state index is 0.00330. The molecule has 2 fully saturated rings. The minimum Gasteiger partial charge on any atom is -0.368 e. The van der Waals surface area contributed by atoms with E-state index in [0.717, 1.165) is 54.3 Å². The standard InChI is InChI=1S/C28H33N7O3/c1-19(29)27(37)35-16-14-34(15-17-35)23-10-8-22(9-11-23)32-28-30-13-12-24(33-28)20-4-6-21(7-5-20)31-26(36)25-3-2-18-38-25/h4-13,19,25H,2-3,14-18,29H2,1H3,(H,31,36)(H,30,32,33)/t19-,25?/m0/s1. The Labute approximate surface area is 222 Å². The van der Waals surface area contributed by atoms with Crippen molar-refractivity contribution in [3.8, 4) is 11.3 Å². The maximum Gasteiger partial charge on any atom is 0.253 e. The predicted molar refractivity (Wildman–Crippen MR) is 147 cm³/mol. The fraction of sp³-hybridized carbons (Fsp3) is 0.357. The van der Waals surface area contributed by atoms with E-state index in [1.165, 1.54) is 0 Å². The first-order valence-corrected chi connectivity index (χ1v) is 13.0. The fourth-order valence-corrected chi connectivity index (χ4v) is 4.67. The second-order valence-corrected chi connectivity index (χ2v) is 9.61. The third-order valence-electron chi connectivity index (χ3n) is 6.80. The molecule has 2 aliphatic heterocycles. The number of rotatable bonds is 7. The quantitative estimate of drug-likeness (QED) is 0.439. The van der Waals surface area contributed by atoms with E-state index in [1.807, 2.05) is 47.4 Å². The Morgan fingerprint density at radius 1 is 1.00 bits per heavy atom. The molecule has 0 aliphatic carbocycles. The molecule has 0 saturated carbocycles. The Morgan fingerprint density at radius 2 is 1.71 bits per heavy atom. The number of anilines is 4. The molecule has 2 aliphatic rings. The van der Waals surface area contributed by atoms with Gasteiger partial charge >= 0.3 is 0 Å². The number of aromatic nitrogens is 2. The number of nitrogens with two attached hydrogens (primary N) is 1. The molecule has 10 heteroatoms. The molecular formula is C28H33N7O3. The summed E-state index contributed by atoms with van der Waals surface area (Å²) in [6, 6.07) is 17.1. The van der Waals surface area contributed by atoms with Gasteiger partial charge in [0.2, 0.25) is 11.9 Å². The van der Waals surface area contributed by atoms with Gasteiger partial charge in [-0.2, -0.15) is 0 Å². The molecule has 2 saturated heterocycles. The Bertz CT molecular complexity index is 1250. The molecular weight excluding hydrogens is 482 g/mol. The number of hydrogen-bond acceptors (Lipinski definition) is 8. The molecule has 0 bridgehead atoms. The first-order chi connectivity index (χ1) is 18.5. The molecule has 0 spiro atoms. The summed E-state index contributed by atoms with van der Waals surface area (Å²) in [5.74, 6) is 0.394. The smallest absolute Gasteiger partial charge is 0.253 e. The largest absolute Gasteiger partial charge is 0.368 e. The van der Waals surface area contributed by atoms with Crippen LogP contribution < -0.4 is 21.3 Å². The van der Waals surface area contributed by atoms with Gasteiger partial charge in [0.15, 0.2) is 0 Å². The van der Waals surface area contributed by atoms with E-state index in [9.17, 15) is 9.59 Å². The van der Waals surface area contributed by atoms with Gasteiger partial charge in [0.05, 0.1) is 11.7 Å². The molecule has 0 radical (unpaired) electrons. The number of ether oxygens (including phenoxy) is 1. The molecule has 5 rings (SSSR count). The number of piperazine rings is 1. The molecule has 2 aromatic carbocycles. The number of benzene rings is 2. The Balaban J connectivity index is 1.17. The number of hydrogen-bond donors (Lipinski definition) is 3. The number of carbonyl (C=O) groups excluding carboxylic acids is 2. The maximum atomic E-state index is 12.3. The molecule has 10 nitrogen and oxygen atoms in total. The van der Waals surface area contributed by atoms with Gasteiger partial charge in [0.25, 0.3) is 5.91 Å². The van der Waals surface area contributed by atoms with Crippen LogP contribution in [0.5, 0.6) is 0 Å². The van der Waals surface area contributed by atoms with Crippen LogP contribution in [0.4, 0.5) is 23.0 Å². The van der Waals surface area contributed by atoms with Crippen molar-refractivity contribution >= 4 is 34.8 Å². The van der Waals surface area contributed by atoms with Crippen LogP contribution >= 0.6 is 0 Å². The van der Waals surface area contributed by atoms with Crippen molar-refractivity contribution in [2.75, 3.05) is 48.3 Å². The molecule has 1 aromatic heterocycles. The first kappa shape index (κ1) is 25.6. The molecule has 38 heavy (non-hydrogen) atoms. The van der Waals surface area contributed by atoms with Gasteiger partial charge in [0.1, 0.15) is 6.10 Å². The van der Waals surface area contributed by atoms with Gasteiger partial charge in [0, 0.05) is 61.6 Å². The van der Waals surface area contributed by atoms with Crippen LogP contribution in [-0.2, 0) is 14.3 Å². The van der Waals surface area contributed by atoms with Gasteiger partial charge in [-0.3, -0.25) is 9.59 Å². The summed E-state index contributed by atoms with van der Waals surface area (Å²) in [7, 11) is 0. The molecule has 1 unspecified atom stereocenters. The van der Waals surface area contributed by atoms with E-state index < -0.39 is 6.04 Å². The highest BCUT2D eigenvalue weighted by Gasteiger charge is 2.24. The summed E-state index contributed by atoms with van der Waals surface area (Å²) < 4.78 is 5.44. The maximum absolute atomic E-state index is 12.3. The molecule has 2 atom stereocenters. The zero-order chi connectivity index (χ0) is 26.5. The van der Waals surface area contributed by atoms with Crippen molar-refractivity contribution in [2.24, 2.45) is 5.73 Å². The highest BCUT2D eigenvalue weighted by molar-refractivity contribution is 5.94. The predicted octanol–water partition coefficient (Wildman–Crippen LogP) is 3.00. The fourth-order valence-electron chi connectivity index (χ4n) is 4.67. The second kappa shape index (κ2) is 11.6. The van der Waals surface area contributed by atoms with Crippen molar-refractivity contribution in [3.63, 3.8) is 0 Å². The molecule has 198 valence electrons. The average molecular weight is 516 g/mol. The molecule has 2 amide bonds. The van der Waals surface area contributed by atoms with Gasteiger partial charge < -0.3 is 30.9 Å². The summed E-state index contributed by atoms with van der Waals surface area (Å²) in [6.45, 7) is 5.25. The van der Waals surface area contributed by atoms with Gasteiger partial charge in [-0.05, 0) is 62.2 Å². The Kier molecular flexibility index (Phi) is 7.81. The zero-order valence-electron chi connectivity index (χ0n) is 21.5. The normalized spacial score (nSPS) is 18.2. The topological polar surface area (TPSA) is 126 Å². The monoisotopic (exact) mass is 515 g/mol. The summed E-state index contributed by atoms with van der Waals surface area (Å²) in [6.07, 6.45) is 3.04. The van der Waals surface area contributed by atoms with E-state index in [2.05, 4.69) is 37.6 Å². The van der Waals surface area contributed by atoms with Crippen LogP contribution in [0.1, 0.15) is 19.8 Å². The van der Waals surface area contributed by atoms with Crippen LogP contribution in [0, 0.1) is 0 Å². The number of nitrogens with zero attached hydrogens (tertiary/aromatic N) is 4. The molecule has 3 aromatic rings. The van der Waals surface area contributed by atoms with E-state index in [4.69, 9.17) is 10.5 Å². The highest BCUT2D eigenvalue weighted by Crippen LogP contribution is 2.24. The third-order valence-corrected chi connectivity index (χ3v) is 6.80. The minimum atomic E-state index is -0.462. The zero-order valence-corrected chi connectivity index (χ0v) is 21.5. The third kappa shape index (κ3) is 6.09. The first-order valence-electron chi connectivity index (χ1n) is 13.0.